The van der Waals surface area contributed by atoms with Gasteiger partial charge in [0.2, 0.25) is 0 Å². The summed E-state index contributed by atoms with van der Waals surface area (Å²) in [5.74, 6) is 0. The molecule has 1 unspecified atom stereocenters. The summed E-state index contributed by atoms with van der Waals surface area (Å²) in [6.45, 7) is 8.02. The van der Waals surface area contributed by atoms with Gasteiger partial charge in [0, 0.05) is 23.6 Å². The maximum absolute atomic E-state index is 10.2. The third kappa shape index (κ3) is 5.75. The van der Waals surface area contributed by atoms with Crippen molar-refractivity contribution in [1.29, 1.82) is 0 Å². The standard InChI is InChI=1S/C28H35ClN2O2/c1-3-4-16-33-26(19-32)27-20(2)17-25-24(28(27)21-8-10-22(29)11-9-21)13-12-23(30-25)18-31-14-6-5-7-15-31/h8-13,17,26,32H,3-7,14-16,18-19H2,1-2H3. The molecule has 0 amide bonds. The molecular weight excluding hydrogens is 432 g/mol. The van der Waals surface area contributed by atoms with Crippen molar-refractivity contribution >= 4 is 22.5 Å². The van der Waals surface area contributed by atoms with Crippen LogP contribution in [0.2, 0.25) is 5.02 Å². The minimum absolute atomic E-state index is 0.0584. The van der Waals surface area contributed by atoms with E-state index in [1.54, 1.807) is 0 Å². The van der Waals surface area contributed by atoms with Crippen LogP contribution in [0.1, 0.15) is 62.0 Å². The topological polar surface area (TPSA) is 45.6 Å². The molecule has 0 aliphatic carbocycles. The van der Waals surface area contributed by atoms with Crippen molar-refractivity contribution in [3.8, 4) is 11.1 Å². The van der Waals surface area contributed by atoms with Crippen LogP contribution in [-0.2, 0) is 11.3 Å². The number of unbranched alkanes of at least 4 members (excludes halogenated alkanes) is 1. The van der Waals surface area contributed by atoms with Crippen molar-refractivity contribution in [3.05, 3.63) is 64.3 Å². The number of hydrogen-bond donors (Lipinski definition) is 1. The SMILES string of the molecule is CCCCOC(CO)c1c(C)cc2nc(CN3CCCCC3)ccc2c1-c1ccc(Cl)cc1. The van der Waals surface area contributed by atoms with Crippen LogP contribution in [-0.4, -0.2) is 41.3 Å². The van der Waals surface area contributed by atoms with Crippen LogP contribution in [0.15, 0.2) is 42.5 Å². The molecule has 0 bridgehead atoms. The molecule has 1 saturated heterocycles. The van der Waals surface area contributed by atoms with Gasteiger partial charge in [-0.1, -0.05) is 49.6 Å². The Labute approximate surface area is 202 Å². The Kier molecular flexibility index (Phi) is 8.37. The van der Waals surface area contributed by atoms with Crippen molar-refractivity contribution in [2.24, 2.45) is 0 Å². The molecule has 2 heterocycles. The molecule has 1 N–H and O–H groups in total. The molecule has 33 heavy (non-hydrogen) atoms. The number of aromatic nitrogens is 1. The van der Waals surface area contributed by atoms with Crippen LogP contribution < -0.4 is 0 Å². The molecule has 0 spiro atoms. The van der Waals surface area contributed by atoms with Gasteiger partial charge in [0.15, 0.2) is 0 Å². The first kappa shape index (κ1) is 24.2. The third-order valence-corrected chi connectivity index (χ3v) is 6.82. The van der Waals surface area contributed by atoms with E-state index in [9.17, 15) is 5.11 Å². The number of hydrogen-bond acceptors (Lipinski definition) is 4. The second kappa shape index (κ2) is 11.4. The van der Waals surface area contributed by atoms with Crippen molar-refractivity contribution in [2.45, 2.75) is 58.6 Å². The number of aliphatic hydroxyl groups excluding tert-OH is 1. The molecule has 2 aromatic carbocycles. The summed E-state index contributed by atoms with van der Waals surface area (Å²) in [5.41, 5.74) is 6.36. The van der Waals surface area contributed by atoms with Gasteiger partial charge >= 0.3 is 0 Å². The Morgan fingerprint density at radius 1 is 1.09 bits per heavy atom. The third-order valence-electron chi connectivity index (χ3n) is 6.57. The van der Waals surface area contributed by atoms with Crippen LogP contribution in [0.4, 0.5) is 0 Å². The molecule has 176 valence electrons. The quantitative estimate of drug-likeness (QED) is 0.356. The summed E-state index contributed by atoms with van der Waals surface area (Å²) < 4.78 is 6.15. The fraction of sp³-hybridized carbons (Fsp3) is 0.464. The summed E-state index contributed by atoms with van der Waals surface area (Å²) in [7, 11) is 0. The highest BCUT2D eigenvalue weighted by Gasteiger charge is 2.22. The van der Waals surface area contributed by atoms with E-state index in [1.165, 1.54) is 19.3 Å². The van der Waals surface area contributed by atoms with Crippen LogP contribution in [0, 0.1) is 6.92 Å². The molecule has 0 radical (unpaired) electrons. The number of ether oxygens (including phenoxy) is 1. The van der Waals surface area contributed by atoms with Gasteiger partial charge in [-0.05, 0) is 85.8 Å². The number of fused-ring (bicyclic) bond motifs is 1. The minimum atomic E-state index is -0.375. The number of piperidine rings is 1. The minimum Gasteiger partial charge on any atom is -0.393 e. The second-order valence-corrected chi connectivity index (χ2v) is 9.53. The highest BCUT2D eigenvalue weighted by atomic mass is 35.5. The summed E-state index contributed by atoms with van der Waals surface area (Å²) in [6, 6.07) is 14.4. The molecular formula is C28H35ClN2O2. The number of likely N-dealkylation sites (tertiary alicyclic amines) is 1. The Bertz CT molecular complexity index is 1060. The highest BCUT2D eigenvalue weighted by Crippen LogP contribution is 2.39. The van der Waals surface area contributed by atoms with E-state index in [-0.39, 0.29) is 12.7 Å². The van der Waals surface area contributed by atoms with Crippen molar-refractivity contribution in [1.82, 2.24) is 9.88 Å². The van der Waals surface area contributed by atoms with Gasteiger partial charge in [0.05, 0.1) is 17.8 Å². The lowest BCUT2D eigenvalue weighted by Crippen LogP contribution is -2.29. The van der Waals surface area contributed by atoms with Crippen LogP contribution in [0.5, 0.6) is 0 Å². The molecule has 4 nitrogen and oxygen atoms in total. The smallest absolute Gasteiger partial charge is 0.106 e. The van der Waals surface area contributed by atoms with Gasteiger partial charge in [0.25, 0.3) is 0 Å². The number of aliphatic hydroxyl groups is 1. The van der Waals surface area contributed by atoms with E-state index >= 15 is 0 Å². The van der Waals surface area contributed by atoms with E-state index in [4.69, 9.17) is 21.3 Å². The Balaban J connectivity index is 1.80. The Morgan fingerprint density at radius 3 is 2.55 bits per heavy atom. The van der Waals surface area contributed by atoms with E-state index < -0.39 is 0 Å². The van der Waals surface area contributed by atoms with Crippen molar-refractivity contribution in [3.63, 3.8) is 0 Å². The molecule has 1 aliphatic rings. The Morgan fingerprint density at radius 2 is 1.85 bits per heavy atom. The first-order valence-electron chi connectivity index (χ1n) is 12.2. The summed E-state index contributed by atoms with van der Waals surface area (Å²) in [4.78, 5) is 7.57. The number of pyridine rings is 1. The number of aryl methyl sites for hydroxylation is 1. The number of halogens is 1. The highest BCUT2D eigenvalue weighted by molar-refractivity contribution is 6.30. The molecule has 5 heteroatoms. The van der Waals surface area contributed by atoms with Crippen LogP contribution >= 0.6 is 11.6 Å². The molecule has 1 fully saturated rings. The number of benzene rings is 2. The average molecular weight is 467 g/mol. The lowest BCUT2D eigenvalue weighted by Gasteiger charge is -2.26. The average Bonchev–Trinajstić information content (AvgIpc) is 2.83. The first-order valence-corrected chi connectivity index (χ1v) is 12.6. The van der Waals surface area contributed by atoms with Crippen LogP contribution in [0.3, 0.4) is 0 Å². The Hall–Kier alpha value is -1.98. The zero-order valence-electron chi connectivity index (χ0n) is 19.8. The van der Waals surface area contributed by atoms with Crippen molar-refractivity contribution in [2.75, 3.05) is 26.3 Å². The molecule has 4 rings (SSSR count). The van der Waals surface area contributed by atoms with E-state index in [0.29, 0.717) is 11.6 Å². The monoisotopic (exact) mass is 466 g/mol. The maximum atomic E-state index is 10.2. The van der Waals surface area contributed by atoms with Gasteiger partial charge < -0.3 is 9.84 Å². The lowest BCUT2D eigenvalue weighted by molar-refractivity contribution is 0.0105. The normalized spacial score (nSPS) is 15.8. The maximum Gasteiger partial charge on any atom is 0.106 e. The molecule has 1 aromatic heterocycles. The molecule has 0 saturated carbocycles. The van der Waals surface area contributed by atoms with E-state index in [0.717, 1.165) is 71.3 Å². The van der Waals surface area contributed by atoms with Gasteiger partial charge in [-0.15, -0.1) is 0 Å². The van der Waals surface area contributed by atoms with Gasteiger partial charge in [-0.3, -0.25) is 9.88 Å². The van der Waals surface area contributed by atoms with Gasteiger partial charge in [0.1, 0.15) is 6.10 Å². The van der Waals surface area contributed by atoms with Crippen molar-refractivity contribution < 1.29 is 9.84 Å². The number of rotatable bonds is 9. The first-order chi connectivity index (χ1) is 16.1. The van der Waals surface area contributed by atoms with Gasteiger partial charge in [-0.2, -0.15) is 0 Å². The lowest BCUT2D eigenvalue weighted by atomic mass is 9.88. The fourth-order valence-electron chi connectivity index (χ4n) is 4.84. The van der Waals surface area contributed by atoms with E-state index in [2.05, 4.69) is 36.9 Å². The molecule has 1 aliphatic heterocycles. The predicted octanol–water partition coefficient (Wildman–Crippen LogP) is 6.70. The summed E-state index contributed by atoms with van der Waals surface area (Å²) in [5, 5.41) is 12.0. The fourth-order valence-corrected chi connectivity index (χ4v) is 4.96. The molecule has 1 atom stereocenters. The largest absolute Gasteiger partial charge is 0.393 e. The van der Waals surface area contributed by atoms with Gasteiger partial charge in [-0.25, -0.2) is 0 Å². The predicted molar refractivity (Wildman–Crippen MR) is 137 cm³/mol. The molecule has 3 aromatic rings. The zero-order chi connectivity index (χ0) is 23.2. The zero-order valence-corrected chi connectivity index (χ0v) is 20.6. The summed E-state index contributed by atoms with van der Waals surface area (Å²) in [6.07, 6.45) is 5.54. The second-order valence-electron chi connectivity index (χ2n) is 9.09. The van der Waals surface area contributed by atoms with E-state index in [1.807, 2.05) is 24.3 Å². The van der Waals surface area contributed by atoms with Crippen LogP contribution in [0.25, 0.3) is 22.0 Å². The summed E-state index contributed by atoms with van der Waals surface area (Å²) >= 11 is 6.19. The number of nitrogens with zero attached hydrogens (tertiary/aromatic N) is 2.